The Balaban J connectivity index is 1.65. The fourth-order valence-corrected chi connectivity index (χ4v) is 4.08. The van der Waals surface area contributed by atoms with Crippen molar-refractivity contribution in [1.29, 1.82) is 0 Å². The zero-order valence-corrected chi connectivity index (χ0v) is 20.3. The standard InChI is InChI=1S/C25H20ClF2N3O7/c26-23-20(38-13-15-2-3-16(27)10-17(15)28)5-7-29(24(23)36)11-14-1-4-18-19(9-14)31(22(35)12-33)25(37)30(18)21(34)6-8-32/h1-5,7,9-10,32-33H,6,8,11-13H2. The third-order valence-corrected chi connectivity index (χ3v) is 6.03. The molecule has 38 heavy (non-hydrogen) atoms. The average molecular weight is 548 g/mol. The number of halogens is 3. The molecule has 0 aliphatic carbocycles. The molecule has 13 heteroatoms. The van der Waals surface area contributed by atoms with E-state index in [0.29, 0.717) is 16.2 Å². The Labute approximate surface area is 217 Å². The van der Waals surface area contributed by atoms with Gasteiger partial charge in [-0.05, 0) is 35.9 Å². The minimum atomic E-state index is -0.992. The maximum atomic E-state index is 13.9. The summed E-state index contributed by atoms with van der Waals surface area (Å²) in [5, 5.41) is 18.1. The maximum Gasteiger partial charge on any atom is 0.342 e. The fourth-order valence-electron chi connectivity index (χ4n) is 3.86. The average Bonchev–Trinajstić information content (AvgIpc) is 3.18. The van der Waals surface area contributed by atoms with E-state index in [1.54, 1.807) is 0 Å². The van der Waals surface area contributed by atoms with E-state index in [9.17, 15) is 33.1 Å². The summed E-state index contributed by atoms with van der Waals surface area (Å²) in [7, 11) is 0. The monoisotopic (exact) mass is 547 g/mol. The predicted octanol–water partition coefficient (Wildman–Crippen LogP) is 2.18. The van der Waals surface area contributed by atoms with Crippen molar-refractivity contribution in [2.45, 2.75) is 19.6 Å². The molecule has 0 spiro atoms. The van der Waals surface area contributed by atoms with Gasteiger partial charge in [0.25, 0.3) is 11.5 Å². The lowest BCUT2D eigenvalue weighted by molar-refractivity contribution is 0.0815. The number of nitrogens with zero attached hydrogens (tertiary/aromatic N) is 3. The summed E-state index contributed by atoms with van der Waals surface area (Å²) < 4.78 is 35.0. The summed E-state index contributed by atoms with van der Waals surface area (Å²) in [4.78, 5) is 50.2. The number of aliphatic hydroxyl groups excluding tert-OH is 2. The first-order chi connectivity index (χ1) is 18.2. The molecule has 0 amide bonds. The Kier molecular flexibility index (Phi) is 7.86. The number of ether oxygens (including phenoxy) is 1. The quantitative estimate of drug-likeness (QED) is 0.345. The molecule has 0 radical (unpaired) electrons. The molecule has 0 aliphatic heterocycles. The first-order valence-electron chi connectivity index (χ1n) is 11.2. The molecule has 0 fully saturated rings. The molecule has 4 rings (SSSR count). The highest BCUT2D eigenvalue weighted by Gasteiger charge is 2.22. The number of pyridine rings is 1. The van der Waals surface area contributed by atoms with Gasteiger partial charge >= 0.3 is 5.69 Å². The van der Waals surface area contributed by atoms with E-state index in [1.807, 2.05) is 0 Å². The molecule has 0 bridgehead atoms. The molecule has 0 saturated heterocycles. The lowest BCUT2D eigenvalue weighted by atomic mass is 10.2. The number of aromatic nitrogens is 3. The zero-order valence-electron chi connectivity index (χ0n) is 19.6. The van der Waals surface area contributed by atoms with Gasteiger partial charge in [-0.3, -0.25) is 14.4 Å². The summed E-state index contributed by atoms with van der Waals surface area (Å²) in [5.74, 6) is -3.27. The van der Waals surface area contributed by atoms with Crippen molar-refractivity contribution in [3.63, 3.8) is 0 Å². The summed E-state index contributed by atoms with van der Waals surface area (Å²) in [6.45, 7) is -1.85. The highest BCUT2D eigenvalue weighted by Crippen LogP contribution is 2.23. The third-order valence-electron chi connectivity index (χ3n) is 5.69. The molecule has 2 N–H and O–H groups in total. The van der Waals surface area contributed by atoms with Gasteiger partial charge in [0.05, 0.1) is 30.6 Å². The van der Waals surface area contributed by atoms with Crippen LogP contribution in [-0.2, 0) is 13.2 Å². The van der Waals surface area contributed by atoms with Crippen LogP contribution in [0.2, 0.25) is 5.02 Å². The molecular formula is C25H20ClF2N3O7. The number of imidazole rings is 1. The molecule has 2 aromatic heterocycles. The van der Waals surface area contributed by atoms with Crippen LogP contribution < -0.4 is 16.0 Å². The van der Waals surface area contributed by atoms with Gasteiger partial charge in [-0.2, -0.15) is 0 Å². The highest BCUT2D eigenvalue weighted by atomic mass is 35.5. The van der Waals surface area contributed by atoms with Crippen molar-refractivity contribution >= 4 is 34.4 Å². The number of carbonyl (C=O) groups excluding carboxylic acids is 2. The van der Waals surface area contributed by atoms with Crippen molar-refractivity contribution in [1.82, 2.24) is 13.7 Å². The van der Waals surface area contributed by atoms with Crippen molar-refractivity contribution in [2.75, 3.05) is 13.2 Å². The first kappa shape index (κ1) is 26.9. The van der Waals surface area contributed by atoms with Gasteiger partial charge in [0.1, 0.15) is 35.6 Å². The number of benzene rings is 2. The number of hydrogen-bond donors (Lipinski definition) is 2. The van der Waals surface area contributed by atoms with E-state index in [2.05, 4.69) is 0 Å². The number of carbonyl (C=O) groups is 2. The van der Waals surface area contributed by atoms with Crippen molar-refractivity contribution < 1.29 is 33.3 Å². The molecular weight excluding hydrogens is 528 g/mol. The van der Waals surface area contributed by atoms with E-state index in [0.717, 1.165) is 10.6 Å². The van der Waals surface area contributed by atoms with Crippen LogP contribution in [0.25, 0.3) is 11.0 Å². The van der Waals surface area contributed by atoms with Gasteiger partial charge in [0.2, 0.25) is 5.91 Å². The Morgan fingerprint density at radius 1 is 0.947 bits per heavy atom. The van der Waals surface area contributed by atoms with E-state index in [-0.39, 0.29) is 46.9 Å². The van der Waals surface area contributed by atoms with Gasteiger partial charge in [0, 0.05) is 17.8 Å². The smallest absolute Gasteiger partial charge is 0.342 e. The summed E-state index contributed by atoms with van der Waals surface area (Å²) in [6, 6.07) is 8.72. The molecule has 10 nitrogen and oxygen atoms in total. The molecule has 0 atom stereocenters. The van der Waals surface area contributed by atoms with Crippen LogP contribution in [0.15, 0.2) is 58.3 Å². The highest BCUT2D eigenvalue weighted by molar-refractivity contribution is 6.31. The van der Waals surface area contributed by atoms with Crippen LogP contribution >= 0.6 is 11.6 Å². The summed E-state index contributed by atoms with van der Waals surface area (Å²) in [6.07, 6.45) is 1.01. The minimum absolute atomic E-state index is 0.0195. The topological polar surface area (TPSA) is 133 Å². The number of hydrogen-bond acceptors (Lipinski definition) is 7. The predicted molar refractivity (Wildman–Crippen MR) is 132 cm³/mol. The lowest BCUT2D eigenvalue weighted by Gasteiger charge is -2.12. The van der Waals surface area contributed by atoms with Crippen LogP contribution in [0.3, 0.4) is 0 Å². The first-order valence-corrected chi connectivity index (χ1v) is 11.5. The molecule has 0 saturated carbocycles. The largest absolute Gasteiger partial charge is 0.487 e. The van der Waals surface area contributed by atoms with Crippen LogP contribution in [0, 0.1) is 11.6 Å². The van der Waals surface area contributed by atoms with E-state index < -0.39 is 47.9 Å². The van der Waals surface area contributed by atoms with Crippen molar-refractivity contribution in [3.05, 3.63) is 97.3 Å². The second kappa shape index (κ2) is 11.1. The normalized spacial score (nSPS) is 11.2. The molecule has 0 unspecified atom stereocenters. The summed E-state index contributed by atoms with van der Waals surface area (Å²) in [5.41, 5.74) is -1.02. The van der Waals surface area contributed by atoms with E-state index in [4.69, 9.17) is 21.4 Å². The SMILES string of the molecule is O=C(CO)n1c(=O)n(C(=O)CCO)c2ccc(Cn3ccc(OCc4ccc(F)cc4F)c(Cl)c3=O)cc21. The van der Waals surface area contributed by atoms with Gasteiger partial charge < -0.3 is 19.5 Å². The molecule has 198 valence electrons. The van der Waals surface area contributed by atoms with E-state index >= 15 is 0 Å². The van der Waals surface area contributed by atoms with Crippen molar-refractivity contribution in [2.24, 2.45) is 0 Å². The second-order valence-electron chi connectivity index (χ2n) is 8.15. The lowest BCUT2D eigenvalue weighted by Crippen LogP contribution is -2.33. The van der Waals surface area contributed by atoms with Crippen molar-refractivity contribution in [3.8, 4) is 5.75 Å². The Bertz CT molecular complexity index is 1680. The number of rotatable bonds is 8. The third kappa shape index (κ3) is 5.14. The van der Waals surface area contributed by atoms with Crippen LogP contribution in [0.1, 0.15) is 27.1 Å². The number of aliphatic hydroxyl groups is 2. The minimum Gasteiger partial charge on any atom is -0.487 e. The van der Waals surface area contributed by atoms with Crippen LogP contribution in [-0.4, -0.2) is 48.9 Å². The molecule has 2 heterocycles. The molecule has 0 aliphatic rings. The van der Waals surface area contributed by atoms with Gasteiger partial charge in [-0.25, -0.2) is 22.7 Å². The van der Waals surface area contributed by atoms with Crippen LogP contribution in [0.4, 0.5) is 8.78 Å². The number of fused-ring (bicyclic) bond motifs is 1. The second-order valence-corrected chi connectivity index (χ2v) is 8.53. The zero-order chi connectivity index (χ0) is 27.6. The Morgan fingerprint density at radius 2 is 1.68 bits per heavy atom. The fraction of sp³-hybridized carbons (Fsp3) is 0.200. The van der Waals surface area contributed by atoms with Gasteiger partial charge in [-0.1, -0.05) is 17.7 Å². The maximum absolute atomic E-state index is 13.9. The Hall–Kier alpha value is -4.13. The van der Waals surface area contributed by atoms with E-state index in [1.165, 1.54) is 41.1 Å². The van der Waals surface area contributed by atoms with Crippen LogP contribution in [0.5, 0.6) is 5.75 Å². The summed E-state index contributed by atoms with van der Waals surface area (Å²) >= 11 is 6.17. The van der Waals surface area contributed by atoms with Gasteiger partial charge in [0.15, 0.2) is 0 Å². The van der Waals surface area contributed by atoms with Gasteiger partial charge in [-0.15, -0.1) is 0 Å². The Morgan fingerprint density at radius 3 is 2.37 bits per heavy atom. The molecule has 2 aromatic carbocycles. The molecule has 4 aromatic rings.